The summed E-state index contributed by atoms with van der Waals surface area (Å²) in [5.41, 5.74) is -0.868. The maximum Gasteiger partial charge on any atom is 0.323 e. The minimum atomic E-state index is -0.868. The van der Waals surface area contributed by atoms with E-state index in [9.17, 15) is 9.90 Å². The minimum absolute atomic E-state index is 0.372. The Labute approximate surface area is 93.7 Å². The maximum atomic E-state index is 11.2. The molecule has 0 spiro atoms. The van der Waals surface area contributed by atoms with E-state index < -0.39 is 11.5 Å². The van der Waals surface area contributed by atoms with Crippen molar-refractivity contribution < 1.29 is 9.90 Å². The number of nitrogens with one attached hydrogen (secondary N) is 1. The van der Waals surface area contributed by atoms with Gasteiger partial charge >= 0.3 is 5.97 Å². The van der Waals surface area contributed by atoms with Gasteiger partial charge in [-0.1, -0.05) is 0 Å². The van der Waals surface area contributed by atoms with E-state index in [1.54, 1.807) is 17.9 Å². The Bertz CT molecular complexity index is 361. The van der Waals surface area contributed by atoms with Gasteiger partial charge in [-0.3, -0.25) is 14.8 Å². The third-order valence-corrected chi connectivity index (χ3v) is 2.88. The number of nitrogens with zero attached hydrogens (tertiary/aromatic N) is 3. The van der Waals surface area contributed by atoms with Gasteiger partial charge < -0.3 is 5.11 Å². The molecule has 1 atom stereocenters. The van der Waals surface area contributed by atoms with Gasteiger partial charge in [0.05, 0.1) is 0 Å². The molecule has 1 unspecified atom stereocenters. The molecule has 0 radical (unpaired) electrons. The zero-order valence-electron chi connectivity index (χ0n) is 9.26. The molecule has 1 aliphatic carbocycles. The summed E-state index contributed by atoms with van der Waals surface area (Å²) in [6, 6.07) is 0.372. The summed E-state index contributed by atoms with van der Waals surface area (Å²) >= 11 is 0. The van der Waals surface area contributed by atoms with Gasteiger partial charge in [-0.05, 0) is 26.2 Å². The predicted octanol–water partition coefficient (Wildman–Crippen LogP) is 0.263. The summed E-state index contributed by atoms with van der Waals surface area (Å²) in [4.78, 5) is 15.1. The van der Waals surface area contributed by atoms with Gasteiger partial charge in [0.1, 0.15) is 18.2 Å². The van der Waals surface area contributed by atoms with Crippen LogP contribution >= 0.6 is 0 Å². The lowest BCUT2D eigenvalue weighted by molar-refractivity contribution is -0.144. The van der Waals surface area contributed by atoms with E-state index in [-0.39, 0.29) is 0 Å². The average molecular weight is 224 g/mol. The summed E-state index contributed by atoms with van der Waals surface area (Å²) in [7, 11) is 0. The Hall–Kier alpha value is -1.43. The Morgan fingerprint density at radius 3 is 2.94 bits per heavy atom. The van der Waals surface area contributed by atoms with Gasteiger partial charge in [-0.15, -0.1) is 0 Å². The van der Waals surface area contributed by atoms with Crippen molar-refractivity contribution in [3.63, 3.8) is 0 Å². The van der Waals surface area contributed by atoms with Gasteiger partial charge in [0.15, 0.2) is 0 Å². The summed E-state index contributed by atoms with van der Waals surface area (Å²) in [6.45, 7) is 2.28. The molecule has 0 amide bonds. The average Bonchev–Trinajstić information content (AvgIpc) is 2.89. The molecule has 1 fully saturated rings. The smallest absolute Gasteiger partial charge is 0.323 e. The molecular weight excluding hydrogens is 208 g/mol. The van der Waals surface area contributed by atoms with Crippen LogP contribution in [0.3, 0.4) is 0 Å². The molecule has 2 N–H and O–H groups in total. The number of rotatable bonds is 6. The van der Waals surface area contributed by atoms with Crippen LogP contribution in [0.4, 0.5) is 0 Å². The number of carbonyl (C=O) groups is 1. The summed E-state index contributed by atoms with van der Waals surface area (Å²) in [5, 5.41) is 16.4. The first-order chi connectivity index (χ1) is 7.60. The normalized spacial score (nSPS) is 19.3. The quantitative estimate of drug-likeness (QED) is 0.724. The van der Waals surface area contributed by atoms with Gasteiger partial charge in [0, 0.05) is 12.6 Å². The van der Waals surface area contributed by atoms with Crippen molar-refractivity contribution in [3.8, 4) is 0 Å². The highest BCUT2D eigenvalue weighted by molar-refractivity contribution is 5.78. The van der Waals surface area contributed by atoms with Crippen LogP contribution in [0.25, 0.3) is 0 Å². The SMILES string of the molecule is CC(CCn1cncn1)(NC1CC1)C(=O)O. The van der Waals surface area contributed by atoms with E-state index >= 15 is 0 Å². The van der Waals surface area contributed by atoms with E-state index in [0.717, 1.165) is 12.8 Å². The Kier molecular flexibility index (Phi) is 2.91. The highest BCUT2D eigenvalue weighted by atomic mass is 16.4. The molecule has 1 aliphatic rings. The molecule has 16 heavy (non-hydrogen) atoms. The van der Waals surface area contributed by atoms with Crippen molar-refractivity contribution in [2.75, 3.05) is 0 Å². The lowest BCUT2D eigenvalue weighted by atomic mass is 9.98. The molecule has 2 rings (SSSR count). The topological polar surface area (TPSA) is 80.0 Å². The second-order valence-corrected chi connectivity index (χ2v) is 4.46. The highest BCUT2D eigenvalue weighted by Crippen LogP contribution is 2.24. The van der Waals surface area contributed by atoms with Gasteiger partial charge in [0.25, 0.3) is 0 Å². The van der Waals surface area contributed by atoms with Crippen molar-refractivity contribution in [2.24, 2.45) is 0 Å². The van der Waals surface area contributed by atoms with Crippen LogP contribution in [0, 0.1) is 0 Å². The highest BCUT2D eigenvalue weighted by Gasteiger charge is 2.38. The minimum Gasteiger partial charge on any atom is -0.480 e. The van der Waals surface area contributed by atoms with Crippen LogP contribution < -0.4 is 5.32 Å². The second-order valence-electron chi connectivity index (χ2n) is 4.46. The molecule has 0 bridgehead atoms. The fourth-order valence-electron chi connectivity index (χ4n) is 1.61. The number of carboxylic acids is 1. The Morgan fingerprint density at radius 2 is 2.44 bits per heavy atom. The number of aryl methyl sites for hydroxylation is 1. The molecule has 1 saturated carbocycles. The van der Waals surface area contributed by atoms with Crippen molar-refractivity contribution in [3.05, 3.63) is 12.7 Å². The first kappa shape index (κ1) is 11.1. The first-order valence-electron chi connectivity index (χ1n) is 5.44. The molecule has 88 valence electrons. The number of aromatic nitrogens is 3. The van der Waals surface area contributed by atoms with Crippen LogP contribution in [0.5, 0.6) is 0 Å². The van der Waals surface area contributed by atoms with Crippen LogP contribution in [-0.4, -0.2) is 37.4 Å². The van der Waals surface area contributed by atoms with Crippen LogP contribution in [0.15, 0.2) is 12.7 Å². The molecular formula is C10H16N4O2. The fraction of sp³-hybridized carbons (Fsp3) is 0.700. The van der Waals surface area contributed by atoms with Gasteiger partial charge in [0.2, 0.25) is 0 Å². The third-order valence-electron chi connectivity index (χ3n) is 2.88. The summed E-state index contributed by atoms with van der Waals surface area (Å²) < 4.78 is 1.65. The van der Waals surface area contributed by atoms with Crippen molar-refractivity contribution in [2.45, 2.75) is 44.3 Å². The molecule has 0 aromatic carbocycles. The molecule has 1 aromatic heterocycles. The van der Waals surface area contributed by atoms with Crippen molar-refractivity contribution >= 4 is 5.97 Å². The third kappa shape index (κ3) is 2.57. The predicted molar refractivity (Wildman–Crippen MR) is 56.8 cm³/mol. The van der Waals surface area contributed by atoms with Crippen molar-refractivity contribution in [1.29, 1.82) is 0 Å². The summed E-state index contributed by atoms with van der Waals surface area (Å²) in [6.07, 6.45) is 5.70. The van der Waals surface area contributed by atoms with Crippen LogP contribution in [-0.2, 0) is 11.3 Å². The fourth-order valence-corrected chi connectivity index (χ4v) is 1.61. The number of hydrogen-bond donors (Lipinski definition) is 2. The van der Waals surface area contributed by atoms with Gasteiger partial charge in [-0.2, -0.15) is 5.10 Å². The monoisotopic (exact) mass is 224 g/mol. The van der Waals surface area contributed by atoms with E-state index in [2.05, 4.69) is 15.4 Å². The number of carboxylic acid groups (broad SMARTS) is 1. The summed E-state index contributed by atoms with van der Waals surface area (Å²) in [5.74, 6) is -0.806. The van der Waals surface area contributed by atoms with Crippen LogP contribution in [0.2, 0.25) is 0 Å². The lowest BCUT2D eigenvalue weighted by Gasteiger charge is -2.26. The van der Waals surface area contributed by atoms with E-state index in [0.29, 0.717) is 19.0 Å². The standard InChI is InChI=1S/C10H16N4O2/c1-10(9(15)16,13-8-2-3-8)4-5-14-7-11-6-12-14/h6-8,13H,2-5H2,1H3,(H,15,16). The first-order valence-corrected chi connectivity index (χ1v) is 5.44. The zero-order valence-corrected chi connectivity index (χ0v) is 9.26. The zero-order chi connectivity index (χ0) is 11.6. The molecule has 6 heteroatoms. The van der Waals surface area contributed by atoms with E-state index in [4.69, 9.17) is 0 Å². The van der Waals surface area contributed by atoms with Crippen LogP contribution in [0.1, 0.15) is 26.2 Å². The molecule has 1 aromatic rings. The lowest BCUT2D eigenvalue weighted by Crippen LogP contribution is -2.51. The Balaban J connectivity index is 1.93. The molecule has 6 nitrogen and oxygen atoms in total. The van der Waals surface area contributed by atoms with Gasteiger partial charge in [-0.25, -0.2) is 4.98 Å². The van der Waals surface area contributed by atoms with E-state index in [1.165, 1.54) is 6.33 Å². The second kappa shape index (κ2) is 4.21. The maximum absolute atomic E-state index is 11.2. The number of hydrogen-bond acceptors (Lipinski definition) is 4. The van der Waals surface area contributed by atoms with Crippen molar-refractivity contribution in [1.82, 2.24) is 20.1 Å². The molecule has 0 saturated heterocycles. The van der Waals surface area contributed by atoms with E-state index in [1.807, 2.05) is 0 Å². The largest absolute Gasteiger partial charge is 0.480 e. The molecule has 0 aliphatic heterocycles. The number of aliphatic carboxylic acids is 1. The Morgan fingerprint density at radius 1 is 1.69 bits per heavy atom. The molecule has 1 heterocycles.